The zero-order valence-electron chi connectivity index (χ0n) is 23.6. The van der Waals surface area contributed by atoms with Crippen molar-refractivity contribution in [2.24, 2.45) is 5.92 Å². The topological polar surface area (TPSA) is 103 Å². The molecule has 42 heavy (non-hydrogen) atoms. The van der Waals surface area contributed by atoms with Crippen molar-refractivity contribution in [3.05, 3.63) is 93.3 Å². The minimum absolute atomic E-state index is 0.0392. The molecule has 0 radical (unpaired) electrons. The molecule has 1 atom stereocenters. The Hall–Kier alpha value is -3.85. The molecule has 2 aromatic carbocycles. The number of pyridine rings is 1. The van der Waals surface area contributed by atoms with Crippen molar-refractivity contribution < 1.29 is 23.1 Å². The number of aromatic nitrogens is 1. The number of nitrogens with zero attached hydrogens (tertiary/aromatic N) is 1. The van der Waals surface area contributed by atoms with Crippen LogP contribution in [0.5, 0.6) is 0 Å². The summed E-state index contributed by atoms with van der Waals surface area (Å²) < 4.78 is 34.7. The second-order valence-electron chi connectivity index (χ2n) is 11.3. The SMILES string of the molecule is Nc1c(C(=O)c2ccc(F)cc2F)ccc(=O)n1-c1ccc(CCN[C@H](C(=O)OC2CCCC2)C2CCCCC2)cc1. The minimum Gasteiger partial charge on any atom is -0.461 e. The van der Waals surface area contributed by atoms with E-state index in [4.69, 9.17) is 10.5 Å². The fraction of sp³-hybridized carbons (Fsp3) is 0.424. The Bertz CT molecular complexity index is 1480. The number of rotatable bonds is 10. The number of benzene rings is 2. The largest absolute Gasteiger partial charge is 0.461 e. The summed E-state index contributed by atoms with van der Waals surface area (Å²) in [6, 6.07) is 12.0. The van der Waals surface area contributed by atoms with Crippen molar-refractivity contribution in [1.29, 1.82) is 0 Å². The third-order valence-electron chi connectivity index (χ3n) is 8.48. The highest BCUT2D eigenvalue weighted by molar-refractivity contribution is 6.11. The molecule has 1 aromatic heterocycles. The highest BCUT2D eigenvalue weighted by Crippen LogP contribution is 2.29. The number of esters is 1. The van der Waals surface area contributed by atoms with Crippen LogP contribution in [0.1, 0.15) is 79.3 Å². The van der Waals surface area contributed by atoms with E-state index < -0.39 is 23.0 Å². The third kappa shape index (κ3) is 6.78. The van der Waals surface area contributed by atoms with Crippen molar-refractivity contribution in [2.75, 3.05) is 12.3 Å². The summed E-state index contributed by atoms with van der Waals surface area (Å²) in [6.07, 6.45) is 10.3. The number of ether oxygens (including phenoxy) is 1. The van der Waals surface area contributed by atoms with Gasteiger partial charge in [0.2, 0.25) is 0 Å². The van der Waals surface area contributed by atoms with E-state index in [-0.39, 0.29) is 41.0 Å². The summed E-state index contributed by atoms with van der Waals surface area (Å²) in [4.78, 5) is 38.8. The molecule has 0 amide bonds. The molecule has 7 nitrogen and oxygen atoms in total. The number of carbonyl (C=O) groups is 2. The molecule has 2 saturated carbocycles. The van der Waals surface area contributed by atoms with E-state index in [1.54, 1.807) is 12.1 Å². The predicted molar refractivity (Wildman–Crippen MR) is 157 cm³/mol. The van der Waals surface area contributed by atoms with Gasteiger partial charge in [-0.1, -0.05) is 31.4 Å². The van der Waals surface area contributed by atoms with Crippen LogP contribution in [0.15, 0.2) is 59.4 Å². The predicted octanol–water partition coefficient (Wildman–Crippen LogP) is 5.50. The molecule has 5 rings (SSSR count). The number of hydrogen-bond acceptors (Lipinski definition) is 6. The average molecular weight is 578 g/mol. The quantitative estimate of drug-likeness (QED) is 0.244. The third-order valence-corrected chi connectivity index (χ3v) is 8.48. The Kier molecular flexibility index (Phi) is 9.47. The van der Waals surface area contributed by atoms with Crippen molar-refractivity contribution >= 4 is 17.6 Å². The van der Waals surface area contributed by atoms with Gasteiger partial charge in [-0.2, -0.15) is 0 Å². The van der Waals surface area contributed by atoms with Gasteiger partial charge < -0.3 is 15.8 Å². The van der Waals surface area contributed by atoms with Crippen molar-refractivity contribution in [2.45, 2.75) is 76.4 Å². The molecule has 2 aliphatic carbocycles. The molecule has 3 N–H and O–H groups in total. The average Bonchev–Trinajstić information content (AvgIpc) is 3.49. The number of anilines is 1. The summed E-state index contributed by atoms with van der Waals surface area (Å²) in [5.41, 5.74) is 6.82. The first-order valence-corrected chi connectivity index (χ1v) is 14.9. The fourth-order valence-corrected chi connectivity index (χ4v) is 6.17. The van der Waals surface area contributed by atoms with Crippen LogP contribution in [-0.4, -0.2) is 35.0 Å². The van der Waals surface area contributed by atoms with Crippen molar-refractivity contribution in [3.8, 4) is 5.69 Å². The van der Waals surface area contributed by atoms with Crippen molar-refractivity contribution in [3.63, 3.8) is 0 Å². The summed E-state index contributed by atoms with van der Waals surface area (Å²) in [5.74, 6) is -2.54. The lowest BCUT2D eigenvalue weighted by molar-refractivity contribution is -0.153. The molecule has 3 aromatic rings. The second kappa shape index (κ2) is 13.4. The molecule has 0 bridgehead atoms. The number of carbonyl (C=O) groups excluding carboxylic acids is 2. The van der Waals surface area contributed by atoms with Crippen LogP contribution in [0.2, 0.25) is 0 Å². The number of nitrogen functional groups attached to an aromatic ring is 1. The number of nitrogens with one attached hydrogen (secondary N) is 1. The van der Waals surface area contributed by atoms with Gasteiger partial charge in [-0.15, -0.1) is 0 Å². The van der Waals surface area contributed by atoms with Gasteiger partial charge in [-0.25, -0.2) is 8.78 Å². The maximum absolute atomic E-state index is 14.3. The molecule has 2 aliphatic rings. The Morgan fingerprint density at radius 1 is 0.905 bits per heavy atom. The first kappa shape index (κ1) is 29.6. The van der Waals surface area contributed by atoms with Gasteiger partial charge in [0.25, 0.3) is 5.56 Å². The molecule has 2 fully saturated rings. The standard InChI is InChI=1S/C33H37F2N3O4/c34-23-12-15-26(28(35)20-23)31(40)27-16-17-29(39)38(32(27)36)24-13-10-21(11-14-24)18-19-37-30(22-6-2-1-3-7-22)33(41)42-25-8-4-5-9-25/h10-17,20,22,25,30,37H,1-9,18-19,36H2/t30-/m0/s1. The first-order valence-electron chi connectivity index (χ1n) is 14.9. The van der Waals surface area contributed by atoms with Gasteiger partial charge in [-0.3, -0.25) is 19.0 Å². The zero-order chi connectivity index (χ0) is 29.6. The summed E-state index contributed by atoms with van der Waals surface area (Å²) in [5, 5.41) is 3.48. The molecular weight excluding hydrogens is 540 g/mol. The Balaban J connectivity index is 1.27. The zero-order valence-corrected chi connectivity index (χ0v) is 23.6. The number of hydrogen-bond donors (Lipinski definition) is 2. The number of halogens is 2. The smallest absolute Gasteiger partial charge is 0.323 e. The maximum Gasteiger partial charge on any atom is 0.323 e. The van der Waals surface area contributed by atoms with Gasteiger partial charge in [0.05, 0.1) is 16.8 Å². The minimum atomic E-state index is -1.01. The Morgan fingerprint density at radius 3 is 2.26 bits per heavy atom. The van der Waals surface area contributed by atoms with Crippen LogP contribution in [0.3, 0.4) is 0 Å². The summed E-state index contributed by atoms with van der Waals surface area (Å²) >= 11 is 0. The fourth-order valence-electron chi connectivity index (χ4n) is 6.17. The van der Waals surface area contributed by atoms with E-state index in [1.807, 2.05) is 12.1 Å². The van der Waals surface area contributed by atoms with E-state index in [0.29, 0.717) is 24.7 Å². The van der Waals surface area contributed by atoms with Gasteiger partial charge >= 0.3 is 5.97 Å². The number of ketones is 1. The van der Waals surface area contributed by atoms with Gasteiger partial charge in [0, 0.05) is 12.1 Å². The van der Waals surface area contributed by atoms with Crippen LogP contribution >= 0.6 is 0 Å². The molecule has 0 saturated heterocycles. The normalized spacial score (nSPS) is 16.8. The summed E-state index contributed by atoms with van der Waals surface area (Å²) in [7, 11) is 0. The van der Waals surface area contributed by atoms with E-state index >= 15 is 0 Å². The maximum atomic E-state index is 14.3. The number of nitrogens with two attached hydrogens (primary N) is 1. The Labute approximate surface area is 244 Å². The second-order valence-corrected chi connectivity index (χ2v) is 11.3. The molecule has 1 heterocycles. The van der Waals surface area contributed by atoms with Gasteiger partial charge in [0.1, 0.15) is 29.6 Å². The van der Waals surface area contributed by atoms with Crippen LogP contribution in [0.25, 0.3) is 5.69 Å². The summed E-state index contributed by atoms with van der Waals surface area (Å²) in [6.45, 7) is 0.593. The molecule has 0 aliphatic heterocycles. The lowest BCUT2D eigenvalue weighted by Crippen LogP contribution is -2.46. The molecular formula is C33H37F2N3O4. The molecule has 0 unspecified atom stereocenters. The molecule has 222 valence electrons. The van der Waals surface area contributed by atoms with E-state index in [9.17, 15) is 23.2 Å². The van der Waals surface area contributed by atoms with Crippen LogP contribution in [-0.2, 0) is 16.0 Å². The highest BCUT2D eigenvalue weighted by Gasteiger charge is 2.32. The van der Waals surface area contributed by atoms with Crippen molar-refractivity contribution in [1.82, 2.24) is 9.88 Å². The van der Waals surface area contributed by atoms with E-state index in [2.05, 4.69) is 5.32 Å². The molecule has 9 heteroatoms. The van der Waals surface area contributed by atoms with Gasteiger partial charge in [0.15, 0.2) is 5.78 Å². The van der Waals surface area contributed by atoms with Gasteiger partial charge in [-0.05, 0) is 93.3 Å². The lowest BCUT2D eigenvalue weighted by Gasteiger charge is -2.30. The van der Waals surface area contributed by atoms with E-state index in [0.717, 1.165) is 69.1 Å². The Morgan fingerprint density at radius 2 is 1.57 bits per heavy atom. The first-order chi connectivity index (χ1) is 20.3. The lowest BCUT2D eigenvalue weighted by atomic mass is 9.83. The molecule has 0 spiro atoms. The van der Waals surface area contributed by atoms with Crippen LogP contribution < -0.4 is 16.6 Å². The van der Waals surface area contributed by atoms with E-state index in [1.165, 1.54) is 23.1 Å². The van der Waals surface area contributed by atoms with Crippen LogP contribution in [0.4, 0.5) is 14.6 Å². The monoisotopic (exact) mass is 577 g/mol. The highest BCUT2D eigenvalue weighted by atomic mass is 19.1. The van der Waals surface area contributed by atoms with Crippen LogP contribution in [0, 0.1) is 17.6 Å².